The average Bonchev–Trinajstić information content (AvgIpc) is 1.96. The zero-order valence-electron chi connectivity index (χ0n) is 5.77. The van der Waals surface area contributed by atoms with Crippen LogP contribution in [0, 0.1) is 0 Å². The van der Waals surface area contributed by atoms with Crippen molar-refractivity contribution in [3.8, 4) is 0 Å². The van der Waals surface area contributed by atoms with E-state index in [1.807, 2.05) is 0 Å². The van der Waals surface area contributed by atoms with Gasteiger partial charge in [-0.25, -0.2) is 0 Å². The van der Waals surface area contributed by atoms with Crippen molar-refractivity contribution < 1.29 is 4.79 Å². The summed E-state index contributed by atoms with van der Waals surface area (Å²) in [6.45, 7) is 0. The average molecular weight is 313 g/mol. The van der Waals surface area contributed by atoms with Crippen molar-refractivity contribution in [3.63, 3.8) is 0 Å². The van der Waals surface area contributed by atoms with Crippen molar-refractivity contribution in [1.29, 1.82) is 0 Å². The Labute approximate surface area is 91.3 Å². The van der Waals surface area contributed by atoms with Crippen LogP contribution in [-0.4, -0.2) is 5.91 Å². The van der Waals surface area contributed by atoms with Crippen LogP contribution in [0.25, 0.3) is 0 Å². The summed E-state index contributed by atoms with van der Waals surface area (Å²) in [4.78, 5) is 10.8. The summed E-state index contributed by atoms with van der Waals surface area (Å²) in [7, 11) is 0. The molecule has 64 valence electrons. The van der Waals surface area contributed by atoms with Gasteiger partial charge in [0.25, 0.3) is 0 Å². The second-order valence-electron chi connectivity index (χ2n) is 2.11. The number of benzene rings is 1. The molecular weight excluding hydrogens is 309 g/mol. The van der Waals surface area contributed by atoms with E-state index in [0.717, 1.165) is 4.47 Å². The van der Waals surface area contributed by atoms with Crippen molar-refractivity contribution in [2.24, 2.45) is 5.73 Å². The summed E-state index contributed by atoms with van der Waals surface area (Å²) in [6.07, 6.45) is 0. The Morgan fingerprint density at radius 2 is 2.00 bits per heavy atom. The first kappa shape index (κ1) is 10.0. The minimum absolute atomic E-state index is 0.370. The minimum atomic E-state index is -0.509. The highest BCUT2D eigenvalue weighted by atomic mass is 79.9. The predicted octanol–water partition coefficient (Wildman–Crippen LogP) is 2.96. The van der Waals surface area contributed by atoms with Gasteiger partial charge < -0.3 is 5.73 Å². The summed E-state index contributed by atoms with van der Waals surface area (Å²) < 4.78 is 1.25. The summed E-state index contributed by atoms with van der Waals surface area (Å²) in [6, 6.07) is 3.29. The maximum absolute atomic E-state index is 10.8. The zero-order chi connectivity index (χ0) is 9.30. The summed E-state index contributed by atoms with van der Waals surface area (Å²) in [5.41, 5.74) is 5.47. The van der Waals surface area contributed by atoms with Crippen LogP contribution in [-0.2, 0) is 0 Å². The van der Waals surface area contributed by atoms with Crippen LogP contribution in [0.15, 0.2) is 21.1 Å². The van der Waals surface area contributed by atoms with Crippen LogP contribution in [0.4, 0.5) is 0 Å². The lowest BCUT2D eigenvalue weighted by Gasteiger charge is -2.02. The van der Waals surface area contributed by atoms with Crippen molar-refractivity contribution in [3.05, 3.63) is 31.7 Å². The normalized spacial score (nSPS) is 9.92. The first-order chi connectivity index (χ1) is 5.52. The fourth-order valence-corrected chi connectivity index (χ4v) is 1.97. The van der Waals surface area contributed by atoms with Gasteiger partial charge in [0.2, 0.25) is 5.91 Å². The molecule has 1 rings (SSSR count). The molecule has 0 saturated heterocycles. The molecule has 0 bridgehead atoms. The van der Waals surface area contributed by atoms with Crippen LogP contribution in [0.3, 0.4) is 0 Å². The van der Waals surface area contributed by atoms with E-state index in [4.69, 9.17) is 17.3 Å². The van der Waals surface area contributed by atoms with Crippen molar-refractivity contribution in [1.82, 2.24) is 0 Å². The van der Waals surface area contributed by atoms with E-state index in [-0.39, 0.29) is 0 Å². The smallest absolute Gasteiger partial charge is 0.249 e. The molecule has 0 fully saturated rings. The fourth-order valence-electron chi connectivity index (χ4n) is 0.735. The Hall–Kier alpha value is -0.0600. The Bertz CT molecular complexity index is 340. The van der Waals surface area contributed by atoms with Gasteiger partial charge in [-0.2, -0.15) is 0 Å². The standard InChI is InChI=1S/C7H4Br2ClNO/c8-3-1-4(7(11)12)6(9)5(10)2-3/h1-2H,(H2,11,12). The van der Waals surface area contributed by atoms with Gasteiger partial charge in [0.15, 0.2) is 0 Å². The van der Waals surface area contributed by atoms with E-state index < -0.39 is 5.91 Å². The molecule has 12 heavy (non-hydrogen) atoms. The van der Waals surface area contributed by atoms with Crippen LogP contribution >= 0.6 is 43.5 Å². The molecule has 0 radical (unpaired) electrons. The monoisotopic (exact) mass is 311 g/mol. The van der Waals surface area contributed by atoms with Crippen LogP contribution in [0.1, 0.15) is 10.4 Å². The fraction of sp³-hybridized carbons (Fsp3) is 0. The SMILES string of the molecule is NC(=O)c1cc(Br)cc(Cl)c1Br. The first-order valence-corrected chi connectivity index (χ1v) is 4.93. The topological polar surface area (TPSA) is 43.1 Å². The van der Waals surface area contributed by atoms with E-state index in [0.29, 0.717) is 15.1 Å². The molecule has 1 amide bonds. The minimum Gasteiger partial charge on any atom is -0.366 e. The van der Waals surface area contributed by atoms with E-state index in [9.17, 15) is 4.79 Å². The lowest BCUT2D eigenvalue weighted by atomic mass is 10.2. The zero-order valence-corrected chi connectivity index (χ0v) is 9.70. The molecule has 0 aliphatic heterocycles. The molecule has 0 aliphatic rings. The largest absolute Gasteiger partial charge is 0.366 e. The van der Waals surface area contributed by atoms with Gasteiger partial charge in [0.1, 0.15) is 0 Å². The number of nitrogens with two attached hydrogens (primary N) is 1. The number of hydrogen-bond donors (Lipinski definition) is 1. The van der Waals surface area contributed by atoms with E-state index in [1.54, 1.807) is 12.1 Å². The maximum Gasteiger partial charge on any atom is 0.249 e. The molecule has 1 aromatic rings. The Balaban J connectivity index is 3.37. The summed E-state index contributed by atoms with van der Waals surface area (Å²) >= 11 is 12.1. The molecule has 0 aliphatic carbocycles. The van der Waals surface area contributed by atoms with Gasteiger partial charge >= 0.3 is 0 Å². The molecule has 0 spiro atoms. The summed E-state index contributed by atoms with van der Waals surface area (Å²) in [5.74, 6) is -0.509. The molecule has 2 N–H and O–H groups in total. The van der Waals surface area contributed by atoms with Gasteiger partial charge in [-0.1, -0.05) is 27.5 Å². The Morgan fingerprint density at radius 3 is 2.50 bits per heavy atom. The molecule has 0 heterocycles. The molecule has 5 heteroatoms. The number of hydrogen-bond acceptors (Lipinski definition) is 1. The van der Waals surface area contributed by atoms with Gasteiger partial charge in [-0.05, 0) is 28.1 Å². The lowest BCUT2D eigenvalue weighted by Crippen LogP contribution is -2.11. The number of carbonyl (C=O) groups is 1. The quantitative estimate of drug-likeness (QED) is 0.796. The first-order valence-electron chi connectivity index (χ1n) is 2.96. The van der Waals surface area contributed by atoms with Gasteiger partial charge in [-0.15, -0.1) is 0 Å². The van der Waals surface area contributed by atoms with Crippen molar-refractivity contribution in [2.75, 3.05) is 0 Å². The number of amides is 1. The van der Waals surface area contributed by atoms with E-state index in [2.05, 4.69) is 31.9 Å². The van der Waals surface area contributed by atoms with Gasteiger partial charge in [0, 0.05) is 8.95 Å². The van der Waals surface area contributed by atoms with Crippen LogP contribution < -0.4 is 5.73 Å². The predicted molar refractivity (Wildman–Crippen MR) is 55.4 cm³/mol. The van der Waals surface area contributed by atoms with E-state index in [1.165, 1.54) is 0 Å². The van der Waals surface area contributed by atoms with Crippen LogP contribution in [0.5, 0.6) is 0 Å². The number of carbonyl (C=O) groups excluding carboxylic acids is 1. The maximum atomic E-state index is 10.8. The van der Waals surface area contributed by atoms with Crippen LogP contribution in [0.2, 0.25) is 5.02 Å². The highest BCUT2D eigenvalue weighted by Crippen LogP contribution is 2.29. The molecule has 2 nitrogen and oxygen atoms in total. The highest BCUT2D eigenvalue weighted by Gasteiger charge is 2.10. The number of halogens is 3. The Kier molecular flexibility index (Phi) is 3.15. The van der Waals surface area contributed by atoms with Crippen molar-refractivity contribution >= 4 is 49.4 Å². The third kappa shape index (κ3) is 2.00. The third-order valence-corrected chi connectivity index (χ3v) is 3.10. The van der Waals surface area contributed by atoms with E-state index >= 15 is 0 Å². The highest BCUT2D eigenvalue weighted by molar-refractivity contribution is 9.11. The number of rotatable bonds is 1. The second kappa shape index (κ2) is 3.77. The third-order valence-electron chi connectivity index (χ3n) is 1.26. The molecule has 0 saturated carbocycles. The molecule has 0 atom stereocenters. The van der Waals surface area contributed by atoms with Gasteiger partial charge in [-0.3, -0.25) is 4.79 Å². The van der Waals surface area contributed by atoms with Crippen molar-refractivity contribution in [2.45, 2.75) is 0 Å². The van der Waals surface area contributed by atoms with Gasteiger partial charge in [0.05, 0.1) is 10.6 Å². The lowest BCUT2D eigenvalue weighted by molar-refractivity contribution is 0.0999. The molecule has 0 unspecified atom stereocenters. The Morgan fingerprint density at radius 1 is 1.42 bits per heavy atom. The molecule has 0 aromatic heterocycles. The summed E-state index contributed by atoms with van der Waals surface area (Å²) in [5, 5.41) is 0.457. The molecular formula is C7H4Br2ClNO. The second-order valence-corrected chi connectivity index (χ2v) is 4.23. The number of primary amides is 1. The molecule has 1 aromatic carbocycles.